The Balaban J connectivity index is 1.36. The predicted molar refractivity (Wildman–Crippen MR) is 163 cm³/mol. The van der Waals surface area contributed by atoms with Gasteiger partial charge in [-0.3, -0.25) is 9.13 Å². The van der Waals surface area contributed by atoms with Crippen molar-refractivity contribution in [3.05, 3.63) is 126 Å². The maximum absolute atomic E-state index is 4.77. The number of hydrogen-bond acceptors (Lipinski definition) is 2. The fourth-order valence-corrected chi connectivity index (χ4v) is 7.03. The van der Waals surface area contributed by atoms with Crippen molar-refractivity contribution in [2.24, 2.45) is 0 Å². The highest BCUT2D eigenvalue weighted by Gasteiger charge is 2.25. The second kappa shape index (κ2) is 8.27. The molecule has 0 unspecified atom stereocenters. The number of aromatic nitrogens is 4. The molecule has 4 heteroatoms. The van der Waals surface area contributed by atoms with E-state index in [0.717, 1.165) is 37.3 Å². The van der Waals surface area contributed by atoms with Gasteiger partial charge in [-0.15, -0.1) is 0 Å². The van der Waals surface area contributed by atoms with Gasteiger partial charge in [-0.2, -0.15) is 0 Å². The largest absolute Gasteiger partial charge is 0.294 e. The lowest BCUT2D eigenvalue weighted by Gasteiger charge is -2.21. The quantitative estimate of drug-likeness (QED) is 0.233. The van der Waals surface area contributed by atoms with Crippen LogP contribution in [0.15, 0.2) is 103 Å². The summed E-state index contributed by atoms with van der Waals surface area (Å²) in [4.78, 5) is 9.51. The van der Waals surface area contributed by atoms with E-state index in [9.17, 15) is 0 Å². The number of fused-ring (bicyclic) bond motifs is 9. The number of aryl methyl sites for hydroxylation is 3. The lowest BCUT2D eigenvalue weighted by atomic mass is 9.83. The summed E-state index contributed by atoms with van der Waals surface area (Å²) < 4.78 is 4.68. The van der Waals surface area contributed by atoms with E-state index in [2.05, 4.69) is 94.1 Å². The monoisotopic (exact) mass is 514 g/mol. The molecule has 0 saturated carbocycles. The van der Waals surface area contributed by atoms with Crippen molar-refractivity contribution >= 4 is 38.8 Å². The van der Waals surface area contributed by atoms with Crippen LogP contribution in [0, 0.1) is 0 Å². The smallest absolute Gasteiger partial charge is 0.137 e. The molecule has 0 atom stereocenters. The third-order valence-electron chi connectivity index (χ3n) is 8.78. The molecule has 3 aromatic carbocycles. The standard InChI is InChI=1S/C36H26N4/c1-3-11-31-25(9-1)29-19-23-15-16-24-20-30-26-10-2-4-12-32(26)40(36-14-6-8-18-38-36)34(30)22-28(24)27(23)21-33(29)39(31)35-13-5-7-17-37-35/h1,3-9,11-14,17-22H,2,10,15-16H2. The molecular formula is C36H26N4. The lowest BCUT2D eigenvalue weighted by molar-refractivity contribution is 0.945. The van der Waals surface area contributed by atoms with Crippen LogP contribution in [0.1, 0.15) is 28.8 Å². The highest BCUT2D eigenvalue weighted by molar-refractivity contribution is 6.11. The molecule has 7 aromatic rings. The van der Waals surface area contributed by atoms with Crippen LogP contribution in [0.5, 0.6) is 0 Å². The van der Waals surface area contributed by atoms with E-state index in [1.165, 1.54) is 66.2 Å². The van der Waals surface area contributed by atoms with E-state index in [1.807, 2.05) is 24.5 Å². The van der Waals surface area contributed by atoms with Crippen molar-refractivity contribution in [1.29, 1.82) is 0 Å². The van der Waals surface area contributed by atoms with E-state index < -0.39 is 0 Å². The minimum absolute atomic E-state index is 0.948. The molecule has 0 radical (unpaired) electrons. The minimum atomic E-state index is 0.948. The zero-order valence-electron chi connectivity index (χ0n) is 22.0. The van der Waals surface area contributed by atoms with Gasteiger partial charge in [0.25, 0.3) is 0 Å². The molecule has 0 spiro atoms. The molecule has 4 heterocycles. The molecule has 0 amide bonds. The average Bonchev–Trinajstić information content (AvgIpc) is 3.52. The van der Waals surface area contributed by atoms with Gasteiger partial charge in [0.05, 0.1) is 22.2 Å². The highest BCUT2D eigenvalue weighted by Crippen LogP contribution is 2.43. The Morgan fingerprint density at radius 1 is 0.550 bits per heavy atom. The highest BCUT2D eigenvalue weighted by atomic mass is 15.1. The zero-order chi connectivity index (χ0) is 26.2. The van der Waals surface area contributed by atoms with E-state index in [-0.39, 0.29) is 0 Å². The van der Waals surface area contributed by atoms with Crippen LogP contribution in [0.2, 0.25) is 0 Å². The molecule has 9 rings (SSSR count). The molecule has 0 N–H and O–H groups in total. The van der Waals surface area contributed by atoms with E-state index in [0.29, 0.717) is 0 Å². The van der Waals surface area contributed by atoms with Crippen molar-refractivity contribution in [2.45, 2.75) is 25.7 Å². The Kier molecular flexibility index (Phi) is 4.53. The number of para-hydroxylation sites is 1. The SMILES string of the molecule is C1=Cc2c(c3cc4c(cc3n2-c2ccccn2)-c2cc3c(cc2CC4)c2ccccc2n3-c2ccccn2)CC1. The normalized spacial score (nSPS) is 14.0. The van der Waals surface area contributed by atoms with Crippen LogP contribution in [-0.2, 0) is 19.3 Å². The van der Waals surface area contributed by atoms with Gasteiger partial charge in [-0.25, -0.2) is 9.97 Å². The van der Waals surface area contributed by atoms with Crippen molar-refractivity contribution in [2.75, 3.05) is 0 Å². The van der Waals surface area contributed by atoms with Crippen LogP contribution in [0.4, 0.5) is 0 Å². The van der Waals surface area contributed by atoms with Gasteiger partial charge in [-0.1, -0.05) is 36.4 Å². The van der Waals surface area contributed by atoms with Crippen molar-refractivity contribution in [3.8, 4) is 22.8 Å². The molecule has 2 aliphatic carbocycles. The number of nitrogens with zero attached hydrogens (tertiary/aromatic N) is 4. The average molecular weight is 515 g/mol. The van der Waals surface area contributed by atoms with Gasteiger partial charge in [-0.05, 0) is 114 Å². The molecule has 4 nitrogen and oxygen atoms in total. The second-order valence-electron chi connectivity index (χ2n) is 10.9. The summed E-state index contributed by atoms with van der Waals surface area (Å²) in [5, 5.41) is 3.94. The van der Waals surface area contributed by atoms with Gasteiger partial charge in [0.2, 0.25) is 0 Å². The molecule has 2 aliphatic rings. The third kappa shape index (κ3) is 3.02. The molecular weight excluding hydrogens is 488 g/mol. The lowest BCUT2D eigenvalue weighted by Crippen LogP contribution is -2.05. The Morgan fingerprint density at radius 3 is 1.93 bits per heavy atom. The Labute approximate surface area is 231 Å². The topological polar surface area (TPSA) is 35.6 Å². The first kappa shape index (κ1) is 21.9. The van der Waals surface area contributed by atoms with Gasteiger partial charge < -0.3 is 0 Å². The second-order valence-corrected chi connectivity index (χ2v) is 10.9. The predicted octanol–water partition coefficient (Wildman–Crippen LogP) is 8.24. The first-order chi connectivity index (χ1) is 19.8. The van der Waals surface area contributed by atoms with Crippen LogP contribution >= 0.6 is 0 Å². The Morgan fingerprint density at radius 2 is 1.20 bits per heavy atom. The number of hydrogen-bond donors (Lipinski definition) is 0. The summed E-state index contributed by atoms with van der Waals surface area (Å²) in [6.45, 7) is 0. The van der Waals surface area contributed by atoms with E-state index in [1.54, 1.807) is 0 Å². The maximum Gasteiger partial charge on any atom is 0.137 e. The molecule has 0 fully saturated rings. The molecule has 190 valence electrons. The summed E-state index contributed by atoms with van der Waals surface area (Å²) in [6.07, 6.45) is 12.6. The fourth-order valence-electron chi connectivity index (χ4n) is 7.03. The number of benzene rings is 3. The molecule has 4 aromatic heterocycles. The Bertz CT molecular complexity index is 2150. The van der Waals surface area contributed by atoms with Crippen LogP contribution in [0.3, 0.4) is 0 Å². The van der Waals surface area contributed by atoms with Crippen LogP contribution in [0.25, 0.3) is 61.5 Å². The fraction of sp³-hybridized carbons (Fsp3) is 0.111. The minimum Gasteiger partial charge on any atom is -0.294 e. The summed E-state index contributed by atoms with van der Waals surface area (Å²) >= 11 is 0. The van der Waals surface area contributed by atoms with Crippen molar-refractivity contribution < 1.29 is 0 Å². The number of rotatable bonds is 2. The van der Waals surface area contributed by atoms with Gasteiger partial charge in [0, 0.05) is 28.6 Å². The van der Waals surface area contributed by atoms with Gasteiger partial charge in [0.15, 0.2) is 0 Å². The first-order valence-corrected chi connectivity index (χ1v) is 14.1. The number of allylic oxidation sites excluding steroid dienone is 1. The van der Waals surface area contributed by atoms with E-state index in [4.69, 9.17) is 9.97 Å². The summed E-state index contributed by atoms with van der Waals surface area (Å²) in [5.41, 5.74) is 11.9. The molecule has 40 heavy (non-hydrogen) atoms. The van der Waals surface area contributed by atoms with Crippen molar-refractivity contribution in [3.63, 3.8) is 0 Å². The first-order valence-electron chi connectivity index (χ1n) is 14.1. The molecule has 0 saturated heterocycles. The van der Waals surface area contributed by atoms with Gasteiger partial charge >= 0.3 is 0 Å². The maximum atomic E-state index is 4.77. The third-order valence-corrected chi connectivity index (χ3v) is 8.78. The summed E-state index contributed by atoms with van der Waals surface area (Å²) in [5.74, 6) is 1.92. The van der Waals surface area contributed by atoms with E-state index >= 15 is 0 Å². The molecule has 0 bridgehead atoms. The summed E-state index contributed by atoms with van der Waals surface area (Å²) in [6, 6.07) is 30.8. The molecule has 0 aliphatic heterocycles. The Hall–Kier alpha value is -4.96. The van der Waals surface area contributed by atoms with Crippen molar-refractivity contribution in [1.82, 2.24) is 19.1 Å². The number of pyridine rings is 2. The zero-order valence-corrected chi connectivity index (χ0v) is 22.0. The van der Waals surface area contributed by atoms with Crippen LogP contribution in [-0.4, -0.2) is 19.1 Å². The summed E-state index contributed by atoms with van der Waals surface area (Å²) in [7, 11) is 0. The van der Waals surface area contributed by atoms with Gasteiger partial charge in [0.1, 0.15) is 11.6 Å². The van der Waals surface area contributed by atoms with Crippen LogP contribution < -0.4 is 0 Å².